The molecule has 2 atom stereocenters. The minimum Gasteiger partial charge on any atom is -0.480 e. The highest BCUT2D eigenvalue weighted by atomic mass is 16.4. The first-order chi connectivity index (χ1) is 9.71. The van der Waals surface area contributed by atoms with Gasteiger partial charge in [0.2, 0.25) is 0 Å². The molecule has 0 aromatic heterocycles. The highest BCUT2D eigenvalue weighted by Crippen LogP contribution is 2.19. The van der Waals surface area contributed by atoms with Gasteiger partial charge in [-0.3, -0.25) is 0 Å². The fraction of sp³-hybridized carbons (Fsp3) is 0.500. The summed E-state index contributed by atoms with van der Waals surface area (Å²) in [7, 11) is 0. The molecule has 1 aromatic rings. The minimum atomic E-state index is -1.03. The van der Waals surface area contributed by atoms with Crippen molar-refractivity contribution in [3.05, 3.63) is 35.9 Å². The monoisotopic (exact) mass is 292 g/mol. The Balaban J connectivity index is 2.52. The summed E-state index contributed by atoms with van der Waals surface area (Å²) in [6, 6.07) is 8.46. The molecule has 0 aliphatic rings. The van der Waals surface area contributed by atoms with Crippen molar-refractivity contribution in [1.82, 2.24) is 10.6 Å². The van der Waals surface area contributed by atoms with E-state index in [0.29, 0.717) is 6.54 Å². The molecule has 0 spiro atoms. The Kier molecular flexibility index (Phi) is 5.76. The van der Waals surface area contributed by atoms with E-state index in [0.717, 1.165) is 5.56 Å². The molecule has 2 amide bonds. The van der Waals surface area contributed by atoms with E-state index >= 15 is 0 Å². The van der Waals surface area contributed by atoms with E-state index in [-0.39, 0.29) is 5.92 Å². The molecule has 21 heavy (non-hydrogen) atoms. The molecular weight excluding hydrogens is 268 g/mol. The molecule has 0 bridgehead atoms. The molecule has 1 rings (SSSR count). The normalized spacial score (nSPS) is 14.1. The zero-order chi connectivity index (χ0) is 16.0. The summed E-state index contributed by atoms with van der Waals surface area (Å²) >= 11 is 0. The van der Waals surface area contributed by atoms with Gasteiger partial charge in [-0.2, -0.15) is 0 Å². The standard InChI is InChI=1S/C16H24N2O3/c1-11(12-8-6-5-7-9-12)10-17-15(21)18-13(14(19)20)16(2,3)4/h5-9,11,13H,10H2,1-4H3,(H,19,20)(H2,17,18,21). The van der Waals surface area contributed by atoms with Gasteiger partial charge in [0.15, 0.2) is 0 Å². The number of hydrogen-bond donors (Lipinski definition) is 3. The maximum atomic E-state index is 11.9. The molecule has 3 N–H and O–H groups in total. The number of aliphatic carboxylic acids is 1. The molecule has 5 nitrogen and oxygen atoms in total. The number of nitrogens with one attached hydrogen (secondary N) is 2. The van der Waals surface area contributed by atoms with Crippen LogP contribution in [0.2, 0.25) is 0 Å². The van der Waals surface area contributed by atoms with Crippen LogP contribution in [0, 0.1) is 5.41 Å². The summed E-state index contributed by atoms with van der Waals surface area (Å²) in [4.78, 5) is 23.1. The predicted molar refractivity (Wildman–Crippen MR) is 82.3 cm³/mol. The van der Waals surface area contributed by atoms with Crippen LogP contribution >= 0.6 is 0 Å². The first-order valence-corrected chi connectivity index (χ1v) is 7.04. The van der Waals surface area contributed by atoms with E-state index in [9.17, 15) is 14.7 Å². The van der Waals surface area contributed by atoms with Crippen molar-refractivity contribution in [2.75, 3.05) is 6.54 Å². The van der Waals surface area contributed by atoms with Gasteiger partial charge in [-0.25, -0.2) is 9.59 Å². The molecule has 0 saturated carbocycles. The summed E-state index contributed by atoms with van der Waals surface area (Å²) < 4.78 is 0. The summed E-state index contributed by atoms with van der Waals surface area (Å²) in [6.07, 6.45) is 0. The van der Waals surface area contributed by atoms with Gasteiger partial charge in [-0.1, -0.05) is 58.0 Å². The molecule has 5 heteroatoms. The number of carboxylic acid groups (broad SMARTS) is 1. The third kappa shape index (κ3) is 5.45. The van der Waals surface area contributed by atoms with E-state index in [4.69, 9.17) is 0 Å². The zero-order valence-corrected chi connectivity index (χ0v) is 13.0. The Morgan fingerprint density at radius 1 is 1.19 bits per heavy atom. The Morgan fingerprint density at radius 3 is 2.24 bits per heavy atom. The number of benzene rings is 1. The largest absolute Gasteiger partial charge is 0.480 e. The SMILES string of the molecule is CC(CNC(=O)NC(C(=O)O)C(C)(C)C)c1ccccc1. The van der Waals surface area contributed by atoms with Gasteiger partial charge in [-0.15, -0.1) is 0 Å². The Hall–Kier alpha value is -2.04. The lowest BCUT2D eigenvalue weighted by Crippen LogP contribution is -2.52. The molecule has 0 aliphatic heterocycles. The highest BCUT2D eigenvalue weighted by Gasteiger charge is 2.32. The lowest BCUT2D eigenvalue weighted by Gasteiger charge is -2.28. The topological polar surface area (TPSA) is 78.4 Å². The van der Waals surface area contributed by atoms with Gasteiger partial charge in [0, 0.05) is 6.54 Å². The van der Waals surface area contributed by atoms with Crippen LogP contribution in [-0.4, -0.2) is 29.7 Å². The van der Waals surface area contributed by atoms with Crippen molar-refractivity contribution in [1.29, 1.82) is 0 Å². The average molecular weight is 292 g/mol. The van der Waals surface area contributed by atoms with E-state index in [1.54, 1.807) is 20.8 Å². The van der Waals surface area contributed by atoms with Gasteiger partial charge in [0.25, 0.3) is 0 Å². The molecule has 0 fully saturated rings. The van der Waals surface area contributed by atoms with Crippen LogP contribution in [0.1, 0.15) is 39.2 Å². The first-order valence-electron chi connectivity index (χ1n) is 7.04. The maximum absolute atomic E-state index is 11.9. The van der Waals surface area contributed by atoms with Crippen molar-refractivity contribution in [3.8, 4) is 0 Å². The average Bonchev–Trinajstić information content (AvgIpc) is 2.41. The van der Waals surface area contributed by atoms with Gasteiger partial charge in [-0.05, 0) is 16.9 Å². The lowest BCUT2D eigenvalue weighted by atomic mass is 9.87. The number of hydrogen-bond acceptors (Lipinski definition) is 2. The number of carboxylic acids is 1. The van der Waals surface area contributed by atoms with E-state index in [1.165, 1.54) is 0 Å². The van der Waals surface area contributed by atoms with E-state index < -0.39 is 23.5 Å². The molecule has 116 valence electrons. The van der Waals surface area contributed by atoms with Gasteiger partial charge >= 0.3 is 12.0 Å². The number of carbonyl (C=O) groups excluding carboxylic acids is 1. The van der Waals surface area contributed by atoms with Crippen LogP contribution in [0.4, 0.5) is 4.79 Å². The third-order valence-electron chi connectivity index (χ3n) is 3.33. The van der Waals surface area contributed by atoms with Crippen molar-refractivity contribution in [2.45, 2.75) is 39.7 Å². The van der Waals surface area contributed by atoms with Crippen LogP contribution in [-0.2, 0) is 4.79 Å². The predicted octanol–water partition coefficient (Wildman–Crippen LogP) is 2.59. The van der Waals surface area contributed by atoms with Gasteiger partial charge in [0.1, 0.15) is 6.04 Å². The van der Waals surface area contributed by atoms with Crippen molar-refractivity contribution in [3.63, 3.8) is 0 Å². The Labute approximate surface area is 125 Å². The zero-order valence-electron chi connectivity index (χ0n) is 13.0. The maximum Gasteiger partial charge on any atom is 0.326 e. The van der Waals surface area contributed by atoms with Crippen LogP contribution in [0.15, 0.2) is 30.3 Å². The molecule has 0 aliphatic carbocycles. The summed E-state index contributed by atoms with van der Waals surface area (Å²) in [5.41, 5.74) is 0.581. The number of amides is 2. The van der Waals surface area contributed by atoms with Crippen LogP contribution in [0.5, 0.6) is 0 Å². The van der Waals surface area contributed by atoms with Gasteiger partial charge < -0.3 is 15.7 Å². The minimum absolute atomic E-state index is 0.162. The second-order valence-corrected chi connectivity index (χ2v) is 6.30. The third-order valence-corrected chi connectivity index (χ3v) is 3.33. The second-order valence-electron chi connectivity index (χ2n) is 6.30. The number of rotatable bonds is 5. The highest BCUT2D eigenvalue weighted by molar-refractivity contribution is 5.83. The second kappa shape index (κ2) is 7.11. The van der Waals surface area contributed by atoms with Crippen molar-refractivity contribution >= 4 is 12.0 Å². The quantitative estimate of drug-likeness (QED) is 0.780. The Morgan fingerprint density at radius 2 is 1.76 bits per heavy atom. The fourth-order valence-corrected chi connectivity index (χ4v) is 1.98. The fourth-order valence-electron chi connectivity index (χ4n) is 1.98. The molecule has 1 aromatic carbocycles. The first kappa shape index (κ1) is 17.0. The number of urea groups is 1. The van der Waals surface area contributed by atoms with E-state index in [1.807, 2.05) is 37.3 Å². The van der Waals surface area contributed by atoms with Crippen molar-refractivity contribution in [2.24, 2.45) is 5.41 Å². The van der Waals surface area contributed by atoms with Crippen LogP contribution in [0.25, 0.3) is 0 Å². The summed E-state index contributed by atoms with van der Waals surface area (Å²) in [5.74, 6) is -0.872. The smallest absolute Gasteiger partial charge is 0.326 e. The molecule has 0 radical (unpaired) electrons. The summed E-state index contributed by atoms with van der Waals surface area (Å²) in [5, 5.41) is 14.4. The van der Waals surface area contributed by atoms with Crippen LogP contribution < -0.4 is 10.6 Å². The van der Waals surface area contributed by atoms with Gasteiger partial charge in [0.05, 0.1) is 0 Å². The summed E-state index contributed by atoms with van der Waals surface area (Å²) in [6.45, 7) is 7.79. The molecular formula is C16H24N2O3. The van der Waals surface area contributed by atoms with Crippen LogP contribution in [0.3, 0.4) is 0 Å². The Bertz CT molecular complexity index is 480. The lowest BCUT2D eigenvalue weighted by molar-refractivity contribution is -0.141. The van der Waals surface area contributed by atoms with Crippen molar-refractivity contribution < 1.29 is 14.7 Å². The van der Waals surface area contributed by atoms with E-state index in [2.05, 4.69) is 10.6 Å². The molecule has 0 saturated heterocycles. The number of carbonyl (C=O) groups is 2. The molecule has 2 unspecified atom stereocenters. The molecule has 0 heterocycles.